The van der Waals surface area contributed by atoms with E-state index in [0.29, 0.717) is 24.4 Å². The van der Waals surface area contributed by atoms with Gasteiger partial charge in [0.25, 0.3) is 0 Å². The van der Waals surface area contributed by atoms with Crippen LogP contribution in [0.4, 0.5) is 0 Å². The zero-order chi connectivity index (χ0) is 28.1. The van der Waals surface area contributed by atoms with E-state index in [0.717, 1.165) is 46.2 Å². The molecule has 4 aromatic carbocycles. The van der Waals surface area contributed by atoms with Crippen molar-refractivity contribution in [3.05, 3.63) is 113 Å². The molecular weight excluding hydrogens is 500 g/mol. The number of nitrogens with zero attached hydrogens (tertiary/aromatic N) is 1. The molecule has 1 heterocycles. The second-order valence-electron chi connectivity index (χ2n) is 10.3. The van der Waals surface area contributed by atoms with Crippen LogP contribution >= 0.6 is 0 Å². The van der Waals surface area contributed by atoms with E-state index in [2.05, 4.69) is 0 Å². The van der Waals surface area contributed by atoms with E-state index in [-0.39, 0.29) is 24.5 Å². The van der Waals surface area contributed by atoms with Crippen LogP contribution in [0.25, 0.3) is 10.8 Å². The Balaban J connectivity index is 1.36. The molecule has 4 N–H and O–H groups in total. The quantitative estimate of drug-likeness (QED) is 0.146. The van der Waals surface area contributed by atoms with Crippen LogP contribution in [-0.2, 0) is 22.6 Å². The van der Waals surface area contributed by atoms with Gasteiger partial charge in [-0.15, -0.1) is 0 Å². The third kappa shape index (κ3) is 6.49. The molecule has 7 heteroatoms. The summed E-state index contributed by atoms with van der Waals surface area (Å²) in [6, 6.07) is 29.2. The average Bonchev–Trinajstić information content (AvgIpc) is 3.44. The van der Waals surface area contributed by atoms with Crippen molar-refractivity contribution in [3.63, 3.8) is 0 Å². The number of ether oxygens (including phenoxy) is 2. The molecule has 2 atom stereocenters. The van der Waals surface area contributed by atoms with Gasteiger partial charge >= 0.3 is 5.97 Å². The number of likely N-dealkylation sites (tertiary alicyclic amines) is 1. The summed E-state index contributed by atoms with van der Waals surface area (Å²) in [7, 11) is 0. The fourth-order valence-corrected chi connectivity index (χ4v) is 5.09. The van der Waals surface area contributed by atoms with Gasteiger partial charge < -0.3 is 20.1 Å². The van der Waals surface area contributed by atoms with Gasteiger partial charge in [-0.2, -0.15) is 0 Å². The summed E-state index contributed by atoms with van der Waals surface area (Å²) in [6.45, 7) is 3.54. The molecule has 204 valence electrons. The average molecular weight is 535 g/mol. The molecular formula is C33H34N4O3. The van der Waals surface area contributed by atoms with Crippen molar-refractivity contribution in [2.45, 2.75) is 38.4 Å². The fourth-order valence-electron chi connectivity index (χ4n) is 5.09. The highest BCUT2D eigenvalue weighted by Gasteiger charge is 2.26. The van der Waals surface area contributed by atoms with E-state index in [4.69, 9.17) is 26.0 Å². The first-order valence-electron chi connectivity index (χ1n) is 13.5. The minimum absolute atomic E-state index is 0.0234. The molecule has 0 spiro atoms. The molecule has 1 saturated heterocycles. The Bertz CT molecular complexity index is 1520. The van der Waals surface area contributed by atoms with Crippen molar-refractivity contribution in [1.29, 1.82) is 10.8 Å². The minimum atomic E-state index is -0.506. The molecule has 0 amide bonds. The van der Waals surface area contributed by atoms with Crippen molar-refractivity contribution < 1.29 is 14.3 Å². The van der Waals surface area contributed by atoms with Crippen LogP contribution in [0.15, 0.2) is 91.0 Å². The number of amidine groups is 2. The molecule has 0 saturated carbocycles. The highest BCUT2D eigenvalue weighted by atomic mass is 16.5. The van der Waals surface area contributed by atoms with Crippen molar-refractivity contribution in [2.75, 3.05) is 13.1 Å². The smallest absolute Gasteiger partial charge is 0.314 e. The number of nitrogen functional groups attached to an aromatic ring is 1. The van der Waals surface area contributed by atoms with Gasteiger partial charge in [-0.25, -0.2) is 0 Å². The molecule has 7 nitrogen and oxygen atoms in total. The van der Waals surface area contributed by atoms with Crippen LogP contribution < -0.4 is 10.5 Å². The normalized spacial score (nSPS) is 15.5. The SMILES string of the molecule is CC(=N)N1CC[C@H](Oc2ccc(C(Cc3ccc4ccc(C(=N)N)cc4c3)C(=O)OCc3ccccc3)cc2)C1. The molecule has 1 unspecified atom stereocenters. The van der Waals surface area contributed by atoms with Crippen LogP contribution in [0.3, 0.4) is 0 Å². The van der Waals surface area contributed by atoms with Crippen LogP contribution in [0.2, 0.25) is 0 Å². The zero-order valence-corrected chi connectivity index (χ0v) is 22.6. The molecule has 5 rings (SSSR count). The topological polar surface area (TPSA) is 112 Å². The van der Waals surface area contributed by atoms with Gasteiger partial charge in [-0.3, -0.25) is 15.6 Å². The third-order valence-electron chi connectivity index (χ3n) is 7.37. The second kappa shape index (κ2) is 12.0. The summed E-state index contributed by atoms with van der Waals surface area (Å²) in [5.74, 6) is 0.536. The highest BCUT2D eigenvalue weighted by Crippen LogP contribution is 2.28. The Morgan fingerprint density at radius 3 is 2.40 bits per heavy atom. The Labute approximate surface area is 234 Å². The monoisotopic (exact) mass is 534 g/mol. The summed E-state index contributed by atoms with van der Waals surface area (Å²) in [6.07, 6.45) is 1.37. The predicted octanol–water partition coefficient (Wildman–Crippen LogP) is 5.64. The number of hydrogen-bond donors (Lipinski definition) is 3. The molecule has 4 aromatic rings. The number of carbonyl (C=O) groups excluding carboxylic acids is 1. The van der Waals surface area contributed by atoms with Crippen LogP contribution in [0.1, 0.15) is 41.5 Å². The van der Waals surface area contributed by atoms with Gasteiger partial charge in [0.2, 0.25) is 0 Å². The largest absolute Gasteiger partial charge is 0.489 e. The second-order valence-corrected chi connectivity index (χ2v) is 10.3. The van der Waals surface area contributed by atoms with E-state index < -0.39 is 5.92 Å². The van der Waals surface area contributed by atoms with Gasteiger partial charge in [-0.05, 0) is 59.0 Å². The first-order chi connectivity index (χ1) is 19.4. The molecule has 1 aliphatic heterocycles. The molecule has 0 radical (unpaired) electrons. The summed E-state index contributed by atoms with van der Waals surface area (Å²) in [4.78, 5) is 15.5. The van der Waals surface area contributed by atoms with Gasteiger partial charge in [0.05, 0.1) is 18.3 Å². The van der Waals surface area contributed by atoms with Crippen LogP contribution in [0.5, 0.6) is 5.75 Å². The summed E-state index contributed by atoms with van der Waals surface area (Å²) >= 11 is 0. The van der Waals surface area contributed by atoms with Gasteiger partial charge in [0, 0.05) is 18.5 Å². The first-order valence-corrected chi connectivity index (χ1v) is 13.5. The maximum atomic E-state index is 13.5. The standard InChI is InChI=1S/C33H34N4O3/c1-22(34)37-16-15-30(20-37)40-29-13-11-26(12-14-29)31(33(38)39-21-23-5-3-2-4-6-23)18-24-7-8-25-9-10-27(32(35)36)19-28(25)17-24/h2-14,17,19,30-31,34H,15-16,18,20-21H2,1H3,(H3,35,36)/t30-,31?/m0/s1. The van der Waals surface area contributed by atoms with Crippen LogP contribution in [-0.4, -0.2) is 41.7 Å². The van der Waals surface area contributed by atoms with E-state index in [9.17, 15) is 4.79 Å². The summed E-state index contributed by atoms with van der Waals surface area (Å²) in [5, 5.41) is 17.6. The number of nitrogens with one attached hydrogen (secondary N) is 2. The number of esters is 1. The Kier molecular flexibility index (Phi) is 8.10. The number of carbonyl (C=O) groups is 1. The van der Waals surface area contributed by atoms with Crippen molar-refractivity contribution in [3.8, 4) is 5.75 Å². The van der Waals surface area contributed by atoms with E-state index in [1.54, 1.807) is 6.92 Å². The summed E-state index contributed by atoms with van der Waals surface area (Å²) in [5.41, 5.74) is 9.15. The maximum Gasteiger partial charge on any atom is 0.314 e. The Hall–Kier alpha value is -4.65. The van der Waals surface area contributed by atoms with E-state index in [1.165, 1.54) is 0 Å². The molecule has 0 aliphatic carbocycles. The Morgan fingerprint density at radius 2 is 1.70 bits per heavy atom. The van der Waals surface area contributed by atoms with E-state index in [1.807, 2.05) is 95.9 Å². The van der Waals surface area contributed by atoms with Gasteiger partial charge in [0.1, 0.15) is 24.3 Å². The van der Waals surface area contributed by atoms with Gasteiger partial charge in [-0.1, -0.05) is 72.8 Å². The lowest BCUT2D eigenvalue weighted by molar-refractivity contribution is -0.146. The van der Waals surface area contributed by atoms with E-state index >= 15 is 0 Å². The molecule has 0 aromatic heterocycles. The fraction of sp³-hybridized carbons (Fsp3) is 0.242. The first kappa shape index (κ1) is 26.9. The number of fused-ring (bicyclic) bond motifs is 1. The van der Waals surface area contributed by atoms with Crippen LogP contribution in [0, 0.1) is 10.8 Å². The maximum absolute atomic E-state index is 13.5. The van der Waals surface area contributed by atoms with Gasteiger partial charge in [0.15, 0.2) is 0 Å². The lowest BCUT2D eigenvalue weighted by Crippen LogP contribution is -2.28. The lowest BCUT2D eigenvalue weighted by atomic mass is 9.90. The minimum Gasteiger partial charge on any atom is -0.489 e. The molecule has 40 heavy (non-hydrogen) atoms. The Morgan fingerprint density at radius 1 is 0.950 bits per heavy atom. The number of benzene rings is 4. The summed E-state index contributed by atoms with van der Waals surface area (Å²) < 4.78 is 12.0. The zero-order valence-electron chi connectivity index (χ0n) is 22.6. The molecule has 1 fully saturated rings. The number of rotatable bonds is 9. The highest BCUT2D eigenvalue weighted by molar-refractivity contribution is 5.99. The van der Waals surface area contributed by atoms with Crippen molar-refractivity contribution >= 4 is 28.4 Å². The predicted molar refractivity (Wildman–Crippen MR) is 158 cm³/mol. The molecule has 1 aliphatic rings. The van der Waals surface area contributed by atoms with Crippen molar-refractivity contribution in [2.24, 2.45) is 5.73 Å². The van der Waals surface area contributed by atoms with Crippen molar-refractivity contribution in [1.82, 2.24) is 4.90 Å². The third-order valence-corrected chi connectivity index (χ3v) is 7.37. The number of nitrogens with two attached hydrogens (primary N) is 1. The molecule has 0 bridgehead atoms. The lowest BCUT2D eigenvalue weighted by Gasteiger charge is -2.19. The number of hydrogen-bond acceptors (Lipinski definition) is 5.